The summed E-state index contributed by atoms with van der Waals surface area (Å²) in [5, 5.41) is 8.64. The molecule has 4 aliphatic rings. The lowest BCUT2D eigenvalue weighted by molar-refractivity contribution is 0.434. The largest absolute Gasteiger partial charge is 0.457 e. The van der Waals surface area contributed by atoms with Crippen molar-refractivity contribution in [3.05, 3.63) is 222 Å². The molecule has 1 unspecified atom stereocenters. The van der Waals surface area contributed by atoms with Crippen molar-refractivity contribution in [3.63, 3.8) is 0 Å². The Hall–Kier alpha value is -6.94. The summed E-state index contributed by atoms with van der Waals surface area (Å²) >= 11 is 0. The SMILES string of the molecule is c1ccc2c(c1)Oc1ccccc1C21c2ccccc2N(c2ccc3c(c2)[Si]2(c4ccccc4-3)c3ccccc3-c3ccc4ccccc4c32)c2ccccc21. The van der Waals surface area contributed by atoms with Crippen molar-refractivity contribution in [1.29, 1.82) is 0 Å². The topological polar surface area (TPSA) is 12.5 Å². The van der Waals surface area contributed by atoms with Crippen LogP contribution >= 0.6 is 0 Å². The van der Waals surface area contributed by atoms with Crippen LogP contribution in [0.25, 0.3) is 33.0 Å². The molecule has 9 aromatic carbocycles. The van der Waals surface area contributed by atoms with Gasteiger partial charge in [-0.25, -0.2) is 0 Å². The van der Waals surface area contributed by atoms with Crippen molar-refractivity contribution in [3.8, 4) is 33.8 Å². The van der Waals surface area contributed by atoms with Crippen LogP contribution in [-0.2, 0) is 5.41 Å². The molecule has 0 aliphatic carbocycles. The molecule has 4 aliphatic heterocycles. The van der Waals surface area contributed by atoms with Crippen LogP contribution in [0.5, 0.6) is 11.5 Å². The second kappa shape index (κ2) is 10.8. The molecule has 0 amide bonds. The Labute approximate surface area is 326 Å². The van der Waals surface area contributed by atoms with E-state index < -0.39 is 13.5 Å². The zero-order valence-corrected chi connectivity index (χ0v) is 31.4. The predicted octanol–water partition coefficient (Wildman–Crippen LogP) is 10.4. The number of rotatable bonds is 1. The molecule has 0 fully saturated rings. The Morgan fingerprint density at radius 2 is 0.893 bits per heavy atom. The number of nitrogens with zero attached hydrogens (tertiary/aromatic N) is 1. The molecule has 9 aromatic rings. The van der Waals surface area contributed by atoms with Crippen molar-refractivity contribution in [2.75, 3.05) is 4.90 Å². The number of hydrogen-bond acceptors (Lipinski definition) is 2. The first-order chi connectivity index (χ1) is 27.8. The van der Waals surface area contributed by atoms with Gasteiger partial charge in [-0.2, -0.15) is 0 Å². The van der Waals surface area contributed by atoms with Gasteiger partial charge in [-0.3, -0.25) is 0 Å². The molecule has 4 heterocycles. The van der Waals surface area contributed by atoms with E-state index in [9.17, 15) is 0 Å². The van der Waals surface area contributed by atoms with Gasteiger partial charge in [0.1, 0.15) is 11.5 Å². The van der Waals surface area contributed by atoms with Crippen molar-refractivity contribution < 1.29 is 4.74 Å². The summed E-state index contributed by atoms with van der Waals surface area (Å²) < 4.78 is 6.66. The van der Waals surface area contributed by atoms with E-state index in [1.807, 2.05) is 0 Å². The Balaban J connectivity index is 1.13. The van der Waals surface area contributed by atoms with Crippen LogP contribution in [0.4, 0.5) is 17.1 Å². The third-order valence-electron chi connectivity index (χ3n) is 13.1. The lowest BCUT2D eigenvalue weighted by atomic mass is 9.61. The molecule has 3 heteroatoms. The lowest BCUT2D eigenvalue weighted by Crippen LogP contribution is -2.71. The second-order valence-corrected chi connectivity index (χ2v) is 19.1. The van der Waals surface area contributed by atoms with E-state index in [1.165, 1.54) is 93.1 Å². The molecule has 260 valence electrons. The number of anilines is 3. The Morgan fingerprint density at radius 3 is 1.57 bits per heavy atom. The van der Waals surface area contributed by atoms with Gasteiger partial charge >= 0.3 is 0 Å². The maximum Gasteiger partial charge on any atom is 0.182 e. The summed E-state index contributed by atoms with van der Waals surface area (Å²) in [6, 6.07) is 75.0. The summed E-state index contributed by atoms with van der Waals surface area (Å²) in [7, 11) is -2.77. The maximum absolute atomic E-state index is 6.66. The molecule has 2 nitrogen and oxygen atoms in total. The lowest BCUT2D eigenvalue weighted by Gasteiger charge is -2.48. The molecule has 0 saturated carbocycles. The predicted molar refractivity (Wildman–Crippen MR) is 232 cm³/mol. The zero-order chi connectivity index (χ0) is 36.6. The molecule has 0 radical (unpaired) electrons. The second-order valence-electron chi connectivity index (χ2n) is 15.5. The first kappa shape index (κ1) is 30.4. The fourth-order valence-electron chi connectivity index (χ4n) is 11.1. The summed E-state index contributed by atoms with van der Waals surface area (Å²) in [4.78, 5) is 2.53. The average molecular weight is 728 g/mol. The average Bonchev–Trinajstić information content (AvgIpc) is 3.73. The van der Waals surface area contributed by atoms with Crippen LogP contribution in [0.1, 0.15) is 22.3 Å². The van der Waals surface area contributed by atoms with Gasteiger partial charge in [-0.1, -0.05) is 164 Å². The van der Waals surface area contributed by atoms with Gasteiger partial charge in [-0.05, 0) is 101 Å². The quantitative estimate of drug-likeness (QED) is 0.156. The molecule has 56 heavy (non-hydrogen) atoms. The minimum Gasteiger partial charge on any atom is -0.457 e. The highest BCUT2D eigenvalue weighted by Crippen LogP contribution is 2.62. The number of para-hydroxylation sites is 4. The van der Waals surface area contributed by atoms with E-state index in [0.29, 0.717) is 0 Å². The van der Waals surface area contributed by atoms with Gasteiger partial charge in [0.25, 0.3) is 0 Å². The van der Waals surface area contributed by atoms with Gasteiger partial charge in [0.15, 0.2) is 8.07 Å². The van der Waals surface area contributed by atoms with Crippen LogP contribution in [0.2, 0.25) is 0 Å². The summed E-state index contributed by atoms with van der Waals surface area (Å²) in [5.74, 6) is 1.80. The number of hydrogen-bond donors (Lipinski definition) is 0. The van der Waals surface area contributed by atoms with E-state index in [0.717, 1.165) is 11.5 Å². The number of fused-ring (bicyclic) bond motifs is 20. The van der Waals surface area contributed by atoms with E-state index in [4.69, 9.17) is 4.74 Å². The van der Waals surface area contributed by atoms with E-state index in [1.54, 1.807) is 0 Å². The van der Waals surface area contributed by atoms with Crippen molar-refractivity contribution >= 4 is 56.7 Å². The highest BCUT2D eigenvalue weighted by Gasteiger charge is 2.56. The van der Waals surface area contributed by atoms with E-state index >= 15 is 0 Å². The van der Waals surface area contributed by atoms with Gasteiger partial charge < -0.3 is 9.64 Å². The van der Waals surface area contributed by atoms with Crippen LogP contribution in [-0.4, -0.2) is 8.07 Å². The molecule has 0 aromatic heterocycles. The Bertz CT molecular complexity index is 3060. The van der Waals surface area contributed by atoms with Gasteiger partial charge in [-0.15, -0.1) is 0 Å². The molecular weight excluding hydrogens is 695 g/mol. The standard InChI is InChI=1S/C53H33NOSi/c1-2-16-36-34(15-1)29-31-40-38-18-4-14-28-50(38)56(52(36)40)49-27-13-3-17-37(49)39-32-30-35(33-51(39)56)54-45-23-9-5-19-41(45)53(42-20-6-10-24-46(42)54)43-21-7-11-25-47(43)55-48-26-12-8-22-44(48)53/h1-33H. The molecule has 2 spiro atoms. The molecule has 0 N–H and O–H groups in total. The van der Waals surface area contributed by atoms with Crippen LogP contribution < -0.4 is 30.4 Å². The van der Waals surface area contributed by atoms with Crippen LogP contribution in [0.15, 0.2) is 200 Å². The monoisotopic (exact) mass is 727 g/mol. The first-order valence-corrected chi connectivity index (χ1v) is 21.5. The van der Waals surface area contributed by atoms with Crippen LogP contribution in [0.3, 0.4) is 0 Å². The Kier molecular flexibility index (Phi) is 5.89. The minimum atomic E-state index is -2.77. The van der Waals surface area contributed by atoms with Crippen molar-refractivity contribution in [1.82, 2.24) is 0 Å². The molecule has 0 bridgehead atoms. The Morgan fingerprint density at radius 1 is 0.393 bits per heavy atom. The molecule has 0 saturated heterocycles. The highest BCUT2D eigenvalue weighted by atomic mass is 28.3. The smallest absolute Gasteiger partial charge is 0.182 e. The van der Waals surface area contributed by atoms with Gasteiger partial charge in [0.2, 0.25) is 0 Å². The fourth-order valence-corrected chi connectivity index (χ4v) is 17.0. The van der Waals surface area contributed by atoms with Crippen molar-refractivity contribution in [2.45, 2.75) is 5.41 Å². The molecular formula is C53H33NOSi. The normalized spacial score (nSPS) is 16.9. The first-order valence-electron chi connectivity index (χ1n) is 19.5. The maximum atomic E-state index is 6.66. The van der Waals surface area contributed by atoms with Gasteiger partial charge in [0.05, 0.1) is 16.8 Å². The van der Waals surface area contributed by atoms with E-state index in [2.05, 4.69) is 205 Å². The third kappa shape index (κ3) is 3.53. The summed E-state index contributed by atoms with van der Waals surface area (Å²) in [5.41, 5.74) is 13.3. The molecule has 13 rings (SSSR count). The van der Waals surface area contributed by atoms with Crippen molar-refractivity contribution in [2.24, 2.45) is 0 Å². The summed E-state index contributed by atoms with van der Waals surface area (Å²) in [6.45, 7) is 0. The number of ether oxygens (including phenoxy) is 1. The minimum absolute atomic E-state index is 0.569. The summed E-state index contributed by atoms with van der Waals surface area (Å²) in [6.07, 6.45) is 0. The number of benzene rings is 9. The van der Waals surface area contributed by atoms with E-state index in [-0.39, 0.29) is 0 Å². The molecule has 1 atom stereocenters. The van der Waals surface area contributed by atoms with Gasteiger partial charge in [0, 0.05) is 16.8 Å². The third-order valence-corrected chi connectivity index (χ3v) is 18.1. The highest BCUT2D eigenvalue weighted by molar-refractivity contribution is 7.25. The fraction of sp³-hybridized carbons (Fsp3) is 0.0189. The van der Waals surface area contributed by atoms with Crippen LogP contribution in [0, 0.1) is 0 Å². The zero-order valence-electron chi connectivity index (χ0n) is 30.4.